The Morgan fingerprint density at radius 3 is 2.57 bits per heavy atom. The van der Waals surface area contributed by atoms with Crippen LogP contribution >= 0.6 is 23.4 Å². The molecule has 0 unspecified atom stereocenters. The van der Waals surface area contributed by atoms with Crippen LogP contribution in [0.25, 0.3) is 0 Å². The van der Waals surface area contributed by atoms with Gasteiger partial charge in [0.05, 0.1) is 4.92 Å². The molecule has 1 aromatic rings. The maximum absolute atomic E-state index is 12.7. The van der Waals surface area contributed by atoms with Crippen molar-refractivity contribution in [3.05, 3.63) is 39.9 Å². The molecule has 3 atom stereocenters. The van der Waals surface area contributed by atoms with E-state index in [1.807, 2.05) is 13.8 Å². The van der Waals surface area contributed by atoms with Crippen molar-refractivity contribution in [2.75, 3.05) is 5.88 Å². The number of fused-ring (bicyclic) bond motifs is 1. The molecule has 0 bridgehead atoms. The van der Waals surface area contributed by atoms with E-state index in [1.54, 1.807) is 0 Å². The highest BCUT2D eigenvalue weighted by Gasteiger charge is 2.64. The summed E-state index contributed by atoms with van der Waals surface area (Å²) in [7, 11) is 0. The van der Waals surface area contributed by atoms with Crippen molar-refractivity contribution in [1.29, 1.82) is 0 Å². The summed E-state index contributed by atoms with van der Waals surface area (Å²) in [6.07, 6.45) is 0. The molecule has 0 aliphatic carbocycles. The largest absolute Gasteiger partial charge is 0.459 e. The summed E-state index contributed by atoms with van der Waals surface area (Å²) in [6.45, 7) is 3.61. The Morgan fingerprint density at radius 1 is 1.36 bits per heavy atom. The van der Waals surface area contributed by atoms with Gasteiger partial charge in [-0.05, 0) is 31.5 Å². The van der Waals surface area contributed by atoms with E-state index < -0.39 is 33.6 Å². The number of thioether (sulfide) groups is 1. The Balaban J connectivity index is 1.65. The van der Waals surface area contributed by atoms with Crippen molar-refractivity contribution in [2.45, 2.75) is 42.7 Å². The number of hydrogen-bond donors (Lipinski definition) is 1. The average Bonchev–Trinajstić information content (AvgIpc) is 2.92. The van der Waals surface area contributed by atoms with Gasteiger partial charge >= 0.3 is 5.97 Å². The van der Waals surface area contributed by atoms with Gasteiger partial charge in [0, 0.05) is 16.9 Å². The van der Waals surface area contributed by atoms with Gasteiger partial charge in [0.2, 0.25) is 11.8 Å². The van der Waals surface area contributed by atoms with Crippen LogP contribution in [0.1, 0.15) is 19.4 Å². The molecule has 0 saturated carbocycles. The average molecular weight is 428 g/mol. The van der Waals surface area contributed by atoms with Crippen LogP contribution in [0, 0.1) is 10.1 Å². The third-order valence-electron chi connectivity index (χ3n) is 4.63. The predicted octanol–water partition coefficient (Wildman–Crippen LogP) is 1.42. The first-order valence-electron chi connectivity index (χ1n) is 8.41. The van der Waals surface area contributed by atoms with E-state index in [9.17, 15) is 24.5 Å². The number of esters is 1. The highest BCUT2D eigenvalue weighted by atomic mass is 35.5. The molecule has 3 rings (SSSR count). The second-order valence-corrected chi connectivity index (χ2v) is 9.01. The molecule has 1 aromatic carbocycles. The predicted molar refractivity (Wildman–Crippen MR) is 102 cm³/mol. The van der Waals surface area contributed by atoms with Crippen molar-refractivity contribution in [3.8, 4) is 0 Å². The Bertz CT molecular complexity index is 831. The number of rotatable bonds is 6. The van der Waals surface area contributed by atoms with Crippen LogP contribution in [-0.4, -0.2) is 55.7 Å². The van der Waals surface area contributed by atoms with Crippen molar-refractivity contribution in [3.63, 3.8) is 0 Å². The Kier molecular flexibility index (Phi) is 5.53. The summed E-state index contributed by atoms with van der Waals surface area (Å²) in [4.78, 5) is 48.2. The minimum atomic E-state index is -0.794. The summed E-state index contributed by atoms with van der Waals surface area (Å²) in [5, 5.41) is 12.9. The Hall–Kier alpha value is -2.33. The molecule has 2 aliphatic heterocycles. The molecular formula is C17H18ClN3O6S. The number of β-lactam (4-membered cyclic amide) rings is 1. The lowest BCUT2D eigenvalue weighted by molar-refractivity contribution is -0.384. The van der Waals surface area contributed by atoms with Crippen molar-refractivity contribution < 1.29 is 24.0 Å². The number of non-ortho nitro benzene ring substituents is 1. The van der Waals surface area contributed by atoms with E-state index in [-0.39, 0.29) is 29.5 Å². The highest BCUT2D eigenvalue weighted by molar-refractivity contribution is 8.01. The summed E-state index contributed by atoms with van der Waals surface area (Å²) in [5.74, 6) is -1.60. The molecule has 28 heavy (non-hydrogen) atoms. The maximum atomic E-state index is 12.7. The first-order valence-corrected chi connectivity index (χ1v) is 9.82. The Morgan fingerprint density at radius 2 is 2.00 bits per heavy atom. The number of alkyl halides is 1. The van der Waals surface area contributed by atoms with E-state index in [4.69, 9.17) is 16.3 Å². The monoisotopic (exact) mass is 427 g/mol. The molecule has 0 aromatic heterocycles. The lowest BCUT2D eigenvalue weighted by Gasteiger charge is -2.43. The van der Waals surface area contributed by atoms with Gasteiger partial charge < -0.3 is 15.0 Å². The smallest absolute Gasteiger partial charge is 0.330 e. The van der Waals surface area contributed by atoms with Crippen LogP contribution in [0.2, 0.25) is 0 Å². The molecule has 2 heterocycles. The lowest BCUT2D eigenvalue weighted by atomic mass is 9.96. The van der Waals surface area contributed by atoms with Gasteiger partial charge in [0.25, 0.3) is 5.69 Å². The number of hydrogen-bond acceptors (Lipinski definition) is 7. The number of halogens is 1. The first kappa shape index (κ1) is 20.4. The van der Waals surface area contributed by atoms with Crippen LogP contribution in [-0.2, 0) is 25.7 Å². The van der Waals surface area contributed by atoms with Crippen LogP contribution in [0.4, 0.5) is 5.69 Å². The summed E-state index contributed by atoms with van der Waals surface area (Å²) in [5.41, 5.74) is 0.545. The van der Waals surface area contributed by atoms with E-state index in [0.717, 1.165) is 0 Å². The van der Waals surface area contributed by atoms with Crippen molar-refractivity contribution in [1.82, 2.24) is 10.2 Å². The maximum Gasteiger partial charge on any atom is 0.330 e. The molecule has 150 valence electrons. The second-order valence-electron chi connectivity index (χ2n) is 6.97. The van der Waals surface area contributed by atoms with Crippen molar-refractivity contribution >= 4 is 46.8 Å². The minimum absolute atomic E-state index is 0.0533. The topological polar surface area (TPSA) is 119 Å². The van der Waals surface area contributed by atoms with Crippen LogP contribution in [0.5, 0.6) is 0 Å². The number of amides is 2. The molecule has 9 nitrogen and oxygen atoms in total. The fourth-order valence-electron chi connectivity index (χ4n) is 3.29. The third-order valence-corrected chi connectivity index (χ3v) is 6.44. The minimum Gasteiger partial charge on any atom is -0.459 e. The summed E-state index contributed by atoms with van der Waals surface area (Å²) in [6, 6.07) is 4.18. The van der Waals surface area contributed by atoms with Crippen LogP contribution in [0.3, 0.4) is 0 Å². The number of carbonyl (C=O) groups excluding carboxylic acids is 3. The lowest BCUT2D eigenvalue weighted by Crippen LogP contribution is -2.70. The molecule has 2 amide bonds. The molecule has 0 radical (unpaired) electrons. The van der Waals surface area contributed by atoms with Gasteiger partial charge in [0.1, 0.15) is 29.9 Å². The number of nitro benzene ring substituents is 1. The summed E-state index contributed by atoms with van der Waals surface area (Å²) < 4.78 is 4.76. The van der Waals surface area contributed by atoms with Gasteiger partial charge in [-0.25, -0.2) is 4.79 Å². The number of nitrogens with zero attached hydrogens (tertiary/aromatic N) is 2. The fourth-order valence-corrected chi connectivity index (χ4v) is 4.98. The van der Waals surface area contributed by atoms with Crippen molar-refractivity contribution in [2.24, 2.45) is 0 Å². The number of carbonyl (C=O) groups is 3. The number of ether oxygens (including phenoxy) is 1. The zero-order valence-electron chi connectivity index (χ0n) is 15.1. The first-order chi connectivity index (χ1) is 13.2. The highest BCUT2D eigenvalue weighted by Crippen LogP contribution is 2.51. The molecule has 2 saturated heterocycles. The quantitative estimate of drug-likeness (QED) is 0.240. The SMILES string of the molecule is CC1(C)S[C@@H]2[C@H](NC(=O)CCl)C(=O)N2[C@H]1C(=O)OCc1ccc([N+](=O)[O-])cc1. The molecule has 2 aliphatic rings. The number of nitrogens with one attached hydrogen (secondary N) is 1. The van der Waals surface area contributed by atoms with Gasteiger partial charge in [0.15, 0.2) is 0 Å². The summed E-state index contributed by atoms with van der Waals surface area (Å²) >= 11 is 6.89. The molecule has 0 spiro atoms. The molecule has 11 heteroatoms. The second kappa shape index (κ2) is 7.59. The van der Waals surface area contributed by atoms with Crippen LogP contribution < -0.4 is 5.32 Å². The van der Waals surface area contributed by atoms with Crippen LogP contribution in [0.15, 0.2) is 24.3 Å². The molecular weight excluding hydrogens is 410 g/mol. The van der Waals surface area contributed by atoms with E-state index in [1.165, 1.54) is 40.9 Å². The number of benzene rings is 1. The Labute approximate surface area is 169 Å². The third kappa shape index (κ3) is 3.66. The zero-order chi connectivity index (χ0) is 20.6. The zero-order valence-corrected chi connectivity index (χ0v) is 16.7. The van der Waals surface area contributed by atoms with E-state index in [0.29, 0.717) is 5.56 Å². The van der Waals surface area contributed by atoms with Gasteiger partial charge in [-0.2, -0.15) is 0 Å². The molecule has 2 fully saturated rings. The molecule has 1 N–H and O–H groups in total. The van der Waals surface area contributed by atoms with Gasteiger partial charge in [-0.3, -0.25) is 19.7 Å². The number of nitro groups is 1. The van der Waals surface area contributed by atoms with Gasteiger partial charge in [-0.15, -0.1) is 23.4 Å². The van der Waals surface area contributed by atoms with Gasteiger partial charge in [-0.1, -0.05) is 0 Å². The normalized spacial score (nSPS) is 24.9. The standard InChI is InChI=1S/C17H18ClN3O6S/c1-17(2)13(20-14(23)12(15(20)28-17)19-11(22)7-18)16(24)27-8-9-3-5-10(6-4-9)21(25)26/h3-6,12-13,15H,7-8H2,1-2H3,(H,19,22)/t12-,13+,15-/m1/s1. The fraction of sp³-hybridized carbons (Fsp3) is 0.471. The van der Waals surface area contributed by atoms with E-state index >= 15 is 0 Å². The van der Waals surface area contributed by atoms with E-state index in [2.05, 4.69) is 5.32 Å².